The van der Waals surface area contributed by atoms with Crippen molar-refractivity contribution >= 4 is 110 Å². The van der Waals surface area contributed by atoms with Crippen molar-refractivity contribution in [3.63, 3.8) is 0 Å². The van der Waals surface area contributed by atoms with Gasteiger partial charge in [0, 0.05) is 48.2 Å². The summed E-state index contributed by atoms with van der Waals surface area (Å²) in [6.45, 7) is 15.0. The molecule has 0 radical (unpaired) electrons. The summed E-state index contributed by atoms with van der Waals surface area (Å²) in [7, 11) is 5.22. The van der Waals surface area contributed by atoms with Gasteiger partial charge in [-0.3, -0.25) is 24.0 Å². The number of aliphatic carboxylic acids is 1. The largest absolute Gasteiger partial charge is 1.00 e. The Morgan fingerprint density at radius 1 is 0.421 bits per heavy atom. The number of halogens is 1. The van der Waals surface area contributed by atoms with E-state index in [-0.39, 0.29) is 115 Å². The first-order valence-electron chi connectivity index (χ1n) is 36.9. The van der Waals surface area contributed by atoms with Crippen LogP contribution in [0.3, 0.4) is 0 Å². The predicted molar refractivity (Wildman–Crippen MR) is 470 cm³/mol. The molecule has 0 aliphatic rings. The van der Waals surface area contributed by atoms with E-state index in [1.807, 2.05) is 174 Å². The monoisotopic (exact) mass is 1790 g/mol. The zero-order valence-electron chi connectivity index (χ0n) is 69.8. The van der Waals surface area contributed by atoms with Crippen LogP contribution in [0.2, 0.25) is 0 Å². The Bertz CT molecular complexity index is 5180. The van der Waals surface area contributed by atoms with E-state index in [1.165, 1.54) is 45.3 Å². The number of carboxylic acid groups (broad SMARTS) is 1. The Labute approximate surface area is 763 Å². The van der Waals surface area contributed by atoms with Crippen molar-refractivity contribution in [2.24, 2.45) is 5.73 Å². The summed E-state index contributed by atoms with van der Waals surface area (Å²) in [5, 5.41) is 39.6. The molecule has 0 bridgehead atoms. The van der Waals surface area contributed by atoms with Crippen LogP contribution in [-0.4, -0.2) is 155 Å². The first-order valence-corrected chi connectivity index (χ1v) is 41.2. The summed E-state index contributed by atoms with van der Waals surface area (Å²) in [6, 6.07) is 62.2. The average molecular weight is 1790 g/mol. The van der Waals surface area contributed by atoms with Gasteiger partial charge >= 0.3 is 85.4 Å². The summed E-state index contributed by atoms with van der Waals surface area (Å²) in [4.78, 5) is 87.3. The maximum atomic E-state index is 12.5. The van der Waals surface area contributed by atoms with Gasteiger partial charge in [0.15, 0.2) is 0 Å². The Morgan fingerprint density at radius 3 is 1.01 bits per heavy atom. The molecular weight excluding hydrogens is 1690 g/mol. The molecule has 4 aromatic heterocycles. The molecular formula is C88H96BBrLiN6NaO19S4. The molecule has 0 aliphatic heterocycles. The molecule has 628 valence electrons. The van der Waals surface area contributed by atoms with E-state index in [0.717, 1.165) is 115 Å². The van der Waals surface area contributed by atoms with Gasteiger partial charge in [0.1, 0.15) is 54.1 Å². The molecule has 0 spiro atoms. The molecule has 25 nitrogen and oxygen atoms in total. The quantitative estimate of drug-likeness (QED) is 0.0181. The molecule has 0 saturated carbocycles. The molecule has 1 amide bonds. The third-order valence-electron chi connectivity index (χ3n) is 16.3. The van der Waals surface area contributed by atoms with Crippen molar-refractivity contribution in [1.29, 1.82) is 0 Å². The third kappa shape index (κ3) is 33.9. The van der Waals surface area contributed by atoms with Crippen LogP contribution in [0.25, 0.3) is 75.7 Å². The van der Waals surface area contributed by atoms with E-state index < -0.39 is 30.1 Å². The number of hydrogen-bond donors (Lipinski definition) is 5. The number of ether oxygens (including phenoxy) is 8. The molecule has 12 rings (SSSR count). The number of benzene rings is 8. The number of aromatic nitrogens is 4. The van der Waals surface area contributed by atoms with E-state index in [9.17, 15) is 28.8 Å². The predicted octanol–water partition coefficient (Wildman–Crippen LogP) is 10.2. The number of nitrogens with two attached hydrogens (primary N) is 1. The second-order valence-corrected chi connectivity index (χ2v) is 30.4. The molecule has 0 fully saturated rings. The van der Waals surface area contributed by atoms with Crippen LogP contribution in [0, 0.1) is 0 Å². The fourth-order valence-electron chi connectivity index (χ4n) is 10.7. The molecule has 12 aromatic rings. The van der Waals surface area contributed by atoms with Crippen molar-refractivity contribution in [2.45, 2.75) is 92.2 Å². The van der Waals surface area contributed by atoms with Gasteiger partial charge in [-0.25, -0.2) is 24.7 Å². The first-order chi connectivity index (χ1) is 56.1. The SMILES string of the molecule is CCOC(=O)C(C)(C)N.CCOC(=O)C(C)(C)NC(=O)Cc1csc(-c2ccc(OC)cc2-c2ccccc2)n1.CCOC(=O)Cc1csc(-c2ccc(OC)cc2-c2ccccc2)n1.CCOC(=O)Cc1csc(-c2ccc(OC)cc2Br)n1.COc1ccc(-c2nc(CC(=O)O)cs2)c(-c2ccccc2)c1.OB(O)c1ccccc1.[Li+].[Na+].[OH-].[OH-]. The number of carbonyl (C=O) groups is 6. The van der Waals surface area contributed by atoms with E-state index >= 15 is 0 Å². The molecule has 33 heteroatoms. The van der Waals surface area contributed by atoms with E-state index in [1.54, 1.807) is 113 Å². The molecule has 0 unspecified atom stereocenters. The van der Waals surface area contributed by atoms with Crippen molar-refractivity contribution in [3.8, 4) is 98.7 Å². The van der Waals surface area contributed by atoms with Crippen LogP contribution in [0.5, 0.6) is 23.0 Å². The van der Waals surface area contributed by atoms with Gasteiger partial charge in [0.05, 0.1) is 103 Å². The van der Waals surface area contributed by atoms with Crippen LogP contribution >= 0.6 is 61.3 Å². The van der Waals surface area contributed by atoms with Crippen LogP contribution in [0.4, 0.5) is 0 Å². The maximum absolute atomic E-state index is 12.5. The van der Waals surface area contributed by atoms with Crippen LogP contribution in [0.15, 0.2) is 220 Å². The van der Waals surface area contributed by atoms with Crippen molar-refractivity contribution in [1.82, 2.24) is 25.3 Å². The molecule has 8 aromatic carbocycles. The second-order valence-electron chi connectivity index (χ2n) is 26.1. The molecule has 121 heavy (non-hydrogen) atoms. The van der Waals surface area contributed by atoms with Gasteiger partial charge in [0.25, 0.3) is 0 Å². The number of nitrogens with one attached hydrogen (secondary N) is 1. The minimum absolute atomic E-state index is 0. The van der Waals surface area contributed by atoms with E-state index in [0.29, 0.717) is 36.7 Å². The zero-order chi connectivity index (χ0) is 85.0. The number of amides is 1. The number of methoxy groups -OCH3 is 4. The van der Waals surface area contributed by atoms with Gasteiger partial charge < -0.3 is 75.1 Å². The van der Waals surface area contributed by atoms with Gasteiger partial charge in [0.2, 0.25) is 5.91 Å². The topological polar surface area (TPSA) is 387 Å². The number of hydrogen-bond acceptors (Lipinski definition) is 27. The zero-order valence-corrected chi connectivity index (χ0v) is 76.7. The smallest absolute Gasteiger partial charge is 0.870 e. The summed E-state index contributed by atoms with van der Waals surface area (Å²) in [5.41, 5.74) is 16.9. The Kier molecular flexibility index (Phi) is 47.0. The molecule has 4 heterocycles. The van der Waals surface area contributed by atoms with Crippen LogP contribution < -0.4 is 83.9 Å². The normalized spacial score (nSPS) is 10.2. The Hall–Kier alpha value is -9.76. The van der Waals surface area contributed by atoms with Crippen molar-refractivity contribution in [3.05, 3.63) is 243 Å². The van der Waals surface area contributed by atoms with E-state index in [4.69, 9.17) is 54.0 Å². The van der Waals surface area contributed by atoms with Gasteiger partial charge in [-0.1, -0.05) is 121 Å². The summed E-state index contributed by atoms with van der Waals surface area (Å²) in [6.07, 6.45) is 0.419. The van der Waals surface area contributed by atoms with Crippen molar-refractivity contribution in [2.75, 3.05) is 54.9 Å². The minimum atomic E-state index is -1.34. The van der Waals surface area contributed by atoms with E-state index in [2.05, 4.69) is 58.1 Å². The fourth-order valence-corrected chi connectivity index (χ4v) is 14.8. The third-order valence-corrected chi connectivity index (χ3v) is 20.7. The second kappa shape index (κ2) is 53.9. The van der Waals surface area contributed by atoms with Gasteiger partial charge in [-0.05, 0) is 183 Å². The maximum Gasteiger partial charge on any atom is 1.00 e. The van der Waals surface area contributed by atoms with Crippen LogP contribution in [-0.2, 0) is 73.4 Å². The standard InChI is InChI=1S/C24H26N2O4S.C20H19NO3S.C18H15NO3S.C14H14BrNO3S.C6H7BO2.C6H13NO2.Li.Na.2H2O/c1-5-30-23(28)24(2,3)26-21(27)13-17-15-31-22(25-17)19-12-11-18(29-4)14-20(19)16-9-7-6-8-10-16;1-3-24-19(22)11-15-13-25-20(21-15)17-10-9-16(23-2)12-18(17)14-7-5-4-6-8-14;1-22-14-7-8-15(16(10-14)12-5-3-2-4-6-12)18-19-13(11-23-18)9-17(20)21;1-3-19-13(17)6-9-8-20-14(16-9)11-5-4-10(18-2)7-12(11)15;8-7(9)6-4-2-1-3-5-6;1-4-9-5(8)6(2,3)7;;;;/h6-12,14-15H,5,13H2,1-4H3,(H,26,27);4-10,12-13H,3,11H2,1-2H3;2-8,10-11H,9H2,1H3,(H,20,21);4-5,7-8H,3,6H2,1-2H3;1-5,8-9H;4,7H2,1-3H3;;;2*1H2/q;;;;;;2*+1;;/p-2. The average Bonchev–Trinajstić information content (AvgIpc) is 1.76. The molecule has 8 N–H and O–H groups in total. The number of esters is 4. The number of rotatable bonds is 27. The number of carbonyl (C=O) groups excluding carboxylic acids is 5. The molecule has 0 aliphatic carbocycles. The minimum Gasteiger partial charge on any atom is -0.870 e. The fraction of sp³-hybridized carbons (Fsp3) is 0.250. The van der Waals surface area contributed by atoms with Crippen LogP contribution in [0.1, 0.15) is 78.2 Å². The summed E-state index contributed by atoms with van der Waals surface area (Å²) in [5.74, 6) is 0.631. The molecule has 0 atom stereocenters. The van der Waals surface area contributed by atoms with Crippen molar-refractivity contribution < 1.29 is 141 Å². The Morgan fingerprint density at radius 2 is 0.719 bits per heavy atom. The van der Waals surface area contributed by atoms with Gasteiger partial charge in [-0.2, -0.15) is 0 Å². The summed E-state index contributed by atoms with van der Waals surface area (Å²) < 4.78 is 41.7. The molecule has 0 saturated heterocycles. The number of nitrogens with zero attached hydrogens (tertiary/aromatic N) is 4. The number of thiazole rings is 4. The van der Waals surface area contributed by atoms with Gasteiger partial charge in [-0.15, -0.1) is 45.3 Å². The Balaban J connectivity index is 0.000000388. The number of carboxylic acids is 1. The summed E-state index contributed by atoms with van der Waals surface area (Å²) >= 11 is 9.46. The first kappa shape index (κ1) is 105.